The Kier molecular flexibility index (Phi) is 4.66. The van der Waals surface area contributed by atoms with E-state index in [0.29, 0.717) is 12.5 Å². The van der Waals surface area contributed by atoms with Gasteiger partial charge in [-0.2, -0.15) is 0 Å². The van der Waals surface area contributed by atoms with Crippen LogP contribution >= 0.6 is 11.6 Å². The van der Waals surface area contributed by atoms with Gasteiger partial charge in [0, 0.05) is 50.0 Å². The maximum Gasteiger partial charge on any atom is 0.177 e. The normalized spacial score (nSPS) is 22.8. The van der Waals surface area contributed by atoms with Crippen LogP contribution in [-0.4, -0.2) is 57.2 Å². The Morgan fingerprint density at radius 2 is 2.00 bits per heavy atom. The SMILES string of the molecule is CN1C=CC=NC1N1CCC(c2nnc3n2-c2ccc(Cl)cc2CNC3)CC1. The van der Waals surface area contributed by atoms with Gasteiger partial charge in [0.15, 0.2) is 12.1 Å². The highest BCUT2D eigenvalue weighted by atomic mass is 35.5. The van der Waals surface area contributed by atoms with Crippen molar-refractivity contribution in [2.45, 2.75) is 38.1 Å². The molecule has 28 heavy (non-hydrogen) atoms. The minimum atomic E-state index is 0.105. The van der Waals surface area contributed by atoms with Crippen molar-refractivity contribution in [1.29, 1.82) is 0 Å². The van der Waals surface area contributed by atoms with Crippen molar-refractivity contribution in [3.8, 4) is 5.69 Å². The third-order valence-electron chi connectivity index (χ3n) is 5.85. The first-order valence-electron chi connectivity index (χ1n) is 9.80. The van der Waals surface area contributed by atoms with Crippen LogP contribution in [-0.2, 0) is 13.1 Å². The molecule has 0 bridgehead atoms. The van der Waals surface area contributed by atoms with Crippen LogP contribution in [0.5, 0.6) is 0 Å². The summed E-state index contributed by atoms with van der Waals surface area (Å²) >= 11 is 6.23. The molecule has 1 aromatic carbocycles. The zero-order valence-electron chi connectivity index (χ0n) is 15.9. The molecule has 2 aromatic rings. The van der Waals surface area contributed by atoms with Crippen molar-refractivity contribution < 1.29 is 0 Å². The largest absolute Gasteiger partial charge is 0.347 e. The average molecular weight is 398 g/mol. The Balaban J connectivity index is 1.40. The summed E-state index contributed by atoms with van der Waals surface area (Å²) in [6.45, 7) is 3.50. The lowest BCUT2D eigenvalue weighted by molar-refractivity contribution is 0.0723. The number of halogens is 1. The molecule has 1 aromatic heterocycles. The van der Waals surface area contributed by atoms with Crippen LogP contribution in [0.2, 0.25) is 5.02 Å². The molecule has 1 saturated heterocycles. The summed E-state index contributed by atoms with van der Waals surface area (Å²) in [7, 11) is 2.08. The number of likely N-dealkylation sites (tertiary alicyclic amines) is 1. The maximum atomic E-state index is 6.23. The van der Waals surface area contributed by atoms with E-state index in [0.717, 1.165) is 54.8 Å². The van der Waals surface area contributed by atoms with Crippen LogP contribution in [0, 0.1) is 0 Å². The lowest BCUT2D eigenvalue weighted by Gasteiger charge is -2.39. The van der Waals surface area contributed by atoms with Gasteiger partial charge in [-0.05, 0) is 42.7 Å². The second-order valence-corrected chi connectivity index (χ2v) is 8.08. The van der Waals surface area contributed by atoms with E-state index >= 15 is 0 Å². The molecule has 3 aliphatic heterocycles. The Hall–Kier alpha value is -2.22. The quantitative estimate of drug-likeness (QED) is 0.843. The van der Waals surface area contributed by atoms with E-state index in [4.69, 9.17) is 11.6 Å². The van der Waals surface area contributed by atoms with Gasteiger partial charge in [-0.3, -0.25) is 14.5 Å². The summed E-state index contributed by atoms with van der Waals surface area (Å²) in [4.78, 5) is 9.23. The lowest BCUT2D eigenvalue weighted by Crippen LogP contribution is -2.47. The van der Waals surface area contributed by atoms with Crippen LogP contribution in [0.1, 0.15) is 36.0 Å². The number of hydrogen-bond acceptors (Lipinski definition) is 6. The van der Waals surface area contributed by atoms with Crippen molar-refractivity contribution in [2.24, 2.45) is 4.99 Å². The van der Waals surface area contributed by atoms with Gasteiger partial charge in [-0.25, -0.2) is 0 Å². The number of aliphatic imine (C=N–C) groups is 1. The van der Waals surface area contributed by atoms with Crippen LogP contribution in [0.3, 0.4) is 0 Å². The summed E-state index contributed by atoms with van der Waals surface area (Å²) in [6.07, 6.45) is 8.16. The number of nitrogens with zero attached hydrogens (tertiary/aromatic N) is 6. The summed E-state index contributed by atoms with van der Waals surface area (Å²) in [5, 5.41) is 13.3. The Bertz CT molecular complexity index is 927. The molecule has 0 amide bonds. The highest BCUT2D eigenvalue weighted by molar-refractivity contribution is 6.30. The van der Waals surface area contributed by atoms with E-state index in [1.54, 1.807) is 0 Å². The molecular weight excluding hydrogens is 374 g/mol. The first-order chi connectivity index (χ1) is 13.7. The molecule has 5 rings (SSSR count). The number of benzene rings is 1. The number of fused-ring (bicyclic) bond motifs is 3. The van der Waals surface area contributed by atoms with E-state index in [2.05, 4.69) is 54.2 Å². The van der Waals surface area contributed by atoms with Gasteiger partial charge in [-0.1, -0.05) is 11.6 Å². The molecule has 0 saturated carbocycles. The summed E-state index contributed by atoms with van der Waals surface area (Å²) < 4.78 is 2.25. The second kappa shape index (κ2) is 7.31. The van der Waals surface area contributed by atoms with E-state index < -0.39 is 0 Å². The third kappa shape index (κ3) is 3.13. The van der Waals surface area contributed by atoms with Crippen molar-refractivity contribution >= 4 is 17.8 Å². The monoisotopic (exact) mass is 397 g/mol. The number of nitrogens with one attached hydrogen (secondary N) is 1. The smallest absolute Gasteiger partial charge is 0.177 e. The molecule has 7 nitrogen and oxygen atoms in total. The highest BCUT2D eigenvalue weighted by Crippen LogP contribution is 2.33. The standard InChI is InChI=1S/C20H24ClN7/c1-26-8-2-7-23-20(26)27-9-5-14(6-10-27)19-25-24-18-13-22-12-15-11-16(21)3-4-17(15)28(18)19/h2-4,7-8,11,14,20,22H,5-6,9-10,12-13H2,1H3. The van der Waals surface area contributed by atoms with E-state index in [1.165, 1.54) is 5.56 Å². The first-order valence-corrected chi connectivity index (χ1v) is 10.2. The van der Waals surface area contributed by atoms with Gasteiger partial charge in [0.05, 0.1) is 12.2 Å². The molecule has 4 heterocycles. The van der Waals surface area contributed by atoms with E-state index in [9.17, 15) is 0 Å². The summed E-state index contributed by atoms with van der Waals surface area (Å²) in [5.74, 6) is 2.44. The van der Waals surface area contributed by atoms with Crippen molar-refractivity contribution in [3.63, 3.8) is 0 Å². The van der Waals surface area contributed by atoms with Crippen molar-refractivity contribution in [3.05, 3.63) is 52.7 Å². The number of hydrogen-bond donors (Lipinski definition) is 1. The Morgan fingerprint density at radius 1 is 1.14 bits per heavy atom. The molecule has 1 atom stereocenters. The molecular formula is C20H24ClN7. The van der Waals surface area contributed by atoms with Gasteiger partial charge in [0.1, 0.15) is 5.82 Å². The van der Waals surface area contributed by atoms with Crippen LogP contribution in [0.25, 0.3) is 5.69 Å². The van der Waals surface area contributed by atoms with Crippen molar-refractivity contribution in [2.75, 3.05) is 20.1 Å². The predicted molar refractivity (Wildman–Crippen MR) is 110 cm³/mol. The maximum absolute atomic E-state index is 6.23. The fraction of sp³-hybridized carbons (Fsp3) is 0.450. The minimum Gasteiger partial charge on any atom is -0.347 e. The minimum absolute atomic E-state index is 0.105. The van der Waals surface area contributed by atoms with Crippen LogP contribution in [0.15, 0.2) is 35.5 Å². The number of rotatable bonds is 2. The molecule has 0 radical (unpaired) electrons. The topological polar surface area (TPSA) is 61.6 Å². The number of piperidine rings is 1. The fourth-order valence-corrected chi connectivity index (χ4v) is 4.61. The second-order valence-electron chi connectivity index (χ2n) is 7.65. The molecule has 1 unspecified atom stereocenters. The summed E-state index contributed by atoms with van der Waals surface area (Å²) in [5.41, 5.74) is 2.34. The van der Waals surface area contributed by atoms with Crippen molar-refractivity contribution in [1.82, 2.24) is 29.9 Å². The molecule has 8 heteroatoms. The molecule has 1 N–H and O–H groups in total. The molecule has 0 aliphatic carbocycles. The van der Waals surface area contributed by atoms with Gasteiger partial charge < -0.3 is 10.2 Å². The number of allylic oxidation sites excluding steroid dienone is 1. The summed E-state index contributed by atoms with van der Waals surface area (Å²) in [6, 6.07) is 6.08. The molecule has 1 fully saturated rings. The Labute approximate surface area is 169 Å². The highest BCUT2D eigenvalue weighted by Gasteiger charge is 2.31. The van der Waals surface area contributed by atoms with Crippen LogP contribution in [0.4, 0.5) is 0 Å². The van der Waals surface area contributed by atoms with Gasteiger partial charge >= 0.3 is 0 Å². The zero-order chi connectivity index (χ0) is 19.1. The zero-order valence-corrected chi connectivity index (χ0v) is 16.7. The van der Waals surface area contributed by atoms with Gasteiger partial charge in [-0.15, -0.1) is 10.2 Å². The fourth-order valence-electron chi connectivity index (χ4n) is 4.42. The Morgan fingerprint density at radius 3 is 2.82 bits per heavy atom. The van der Waals surface area contributed by atoms with E-state index in [-0.39, 0.29) is 6.29 Å². The molecule has 0 spiro atoms. The van der Waals surface area contributed by atoms with E-state index in [1.807, 2.05) is 24.4 Å². The van der Waals surface area contributed by atoms with Gasteiger partial charge in [0.2, 0.25) is 0 Å². The van der Waals surface area contributed by atoms with Gasteiger partial charge in [0.25, 0.3) is 0 Å². The average Bonchev–Trinajstić information content (AvgIpc) is 3.04. The number of aromatic nitrogens is 3. The first kappa shape index (κ1) is 17.8. The predicted octanol–water partition coefficient (Wildman–Crippen LogP) is 2.52. The third-order valence-corrected chi connectivity index (χ3v) is 6.08. The van der Waals surface area contributed by atoms with Crippen LogP contribution < -0.4 is 5.32 Å². The lowest BCUT2D eigenvalue weighted by atomic mass is 9.95. The molecule has 3 aliphatic rings. The molecule has 146 valence electrons.